The Labute approximate surface area is 211 Å². The smallest absolute Gasteiger partial charge is 0.265 e. The van der Waals surface area contributed by atoms with Crippen molar-refractivity contribution < 1.29 is 27.9 Å². The SMILES string of the molecule is COc1ccc(C(=O)c2oc3ccccc3c2NC(=O)C(C)Oc2ccc(Br)cc2F)cc1Br. The fourth-order valence-corrected chi connectivity index (χ4v) is 4.18. The molecule has 3 aromatic carbocycles. The molecule has 4 aromatic rings. The minimum Gasteiger partial charge on any atom is -0.496 e. The minimum atomic E-state index is -1.05. The Bertz CT molecular complexity index is 1400. The molecule has 9 heteroatoms. The summed E-state index contributed by atoms with van der Waals surface area (Å²) in [6.45, 7) is 1.49. The van der Waals surface area contributed by atoms with Gasteiger partial charge in [-0.15, -0.1) is 0 Å². The summed E-state index contributed by atoms with van der Waals surface area (Å²) in [5.41, 5.74) is 0.981. The van der Waals surface area contributed by atoms with Crippen LogP contribution in [0.5, 0.6) is 11.5 Å². The van der Waals surface area contributed by atoms with Crippen LogP contribution in [0.2, 0.25) is 0 Å². The zero-order valence-corrected chi connectivity index (χ0v) is 21.2. The highest BCUT2D eigenvalue weighted by Gasteiger charge is 2.26. The van der Waals surface area contributed by atoms with Crippen LogP contribution >= 0.6 is 31.9 Å². The first-order valence-electron chi connectivity index (χ1n) is 10.1. The van der Waals surface area contributed by atoms with Crippen molar-refractivity contribution in [3.8, 4) is 11.5 Å². The topological polar surface area (TPSA) is 77.8 Å². The lowest BCUT2D eigenvalue weighted by molar-refractivity contribution is -0.122. The van der Waals surface area contributed by atoms with Crippen LogP contribution < -0.4 is 14.8 Å². The van der Waals surface area contributed by atoms with E-state index < -0.39 is 23.6 Å². The summed E-state index contributed by atoms with van der Waals surface area (Å²) in [4.78, 5) is 26.3. The third-order valence-electron chi connectivity index (χ3n) is 5.03. The number of ketones is 1. The average Bonchev–Trinajstić information content (AvgIpc) is 3.18. The van der Waals surface area contributed by atoms with Crippen molar-refractivity contribution in [2.75, 3.05) is 12.4 Å². The number of amides is 1. The molecule has 1 aromatic heterocycles. The molecule has 1 N–H and O–H groups in total. The van der Waals surface area contributed by atoms with E-state index in [1.165, 1.54) is 26.2 Å². The van der Waals surface area contributed by atoms with Crippen LogP contribution in [-0.4, -0.2) is 24.9 Å². The number of nitrogens with one attached hydrogen (secondary N) is 1. The first kappa shape index (κ1) is 24.0. The van der Waals surface area contributed by atoms with Crippen molar-refractivity contribution in [3.05, 3.63) is 86.8 Å². The van der Waals surface area contributed by atoms with Gasteiger partial charge in [0.1, 0.15) is 11.3 Å². The van der Waals surface area contributed by atoms with Gasteiger partial charge in [-0.1, -0.05) is 28.1 Å². The number of furan rings is 1. The van der Waals surface area contributed by atoms with E-state index in [-0.39, 0.29) is 17.2 Å². The zero-order chi connectivity index (χ0) is 24.4. The van der Waals surface area contributed by atoms with Crippen molar-refractivity contribution in [2.45, 2.75) is 13.0 Å². The Balaban J connectivity index is 1.65. The predicted molar refractivity (Wildman–Crippen MR) is 133 cm³/mol. The van der Waals surface area contributed by atoms with Gasteiger partial charge in [-0.05, 0) is 71.4 Å². The van der Waals surface area contributed by atoms with Gasteiger partial charge in [0.15, 0.2) is 23.4 Å². The van der Waals surface area contributed by atoms with Gasteiger partial charge in [0.2, 0.25) is 5.78 Å². The standard InChI is InChI=1S/C25H18Br2FNO5/c1-13(33-21-10-8-15(26)12-18(21)28)25(31)29-22-16-5-3-4-6-19(16)34-24(22)23(30)14-7-9-20(32-2)17(27)11-14/h3-13H,1-2H3,(H,29,31). The molecule has 1 atom stereocenters. The molecule has 1 unspecified atom stereocenters. The van der Waals surface area contributed by atoms with Crippen molar-refractivity contribution in [1.29, 1.82) is 0 Å². The number of carbonyl (C=O) groups is 2. The summed E-state index contributed by atoms with van der Waals surface area (Å²) in [7, 11) is 1.53. The van der Waals surface area contributed by atoms with Gasteiger partial charge in [-0.2, -0.15) is 0 Å². The number of hydrogen-bond acceptors (Lipinski definition) is 5. The number of para-hydroxylation sites is 1. The third kappa shape index (κ3) is 4.85. The van der Waals surface area contributed by atoms with Gasteiger partial charge in [-0.3, -0.25) is 9.59 Å². The Kier molecular flexibility index (Phi) is 7.04. The third-order valence-corrected chi connectivity index (χ3v) is 6.14. The molecule has 0 aliphatic heterocycles. The summed E-state index contributed by atoms with van der Waals surface area (Å²) < 4.78 is 31.8. The van der Waals surface area contributed by atoms with E-state index in [2.05, 4.69) is 37.2 Å². The number of fused-ring (bicyclic) bond motifs is 1. The van der Waals surface area contributed by atoms with E-state index >= 15 is 0 Å². The molecular weight excluding hydrogens is 573 g/mol. The highest BCUT2D eigenvalue weighted by Crippen LogP contribution is 2.34. The fourth-order valence-electron chi connectivity index (χ4n) is 3.31. The number of hydrogen-bond donors (Lipinski definition) is 1. The fraction of sp³-hybridized carbons (Fsp3) is 0.120. The lowest BCUT2D eigenvalue weighted by Crippen LogP contribution is -2.30. The second-order valence-corrected chi connectivity index (χ2v) is 9.07. The molecule has 0 aliphatic rings. The highest BCUT2D eigenvalue weighted by molar-refractivity contribution is 9.10. The zero-order valence-electron chi connectivity index (χ0n) is 18.0. The number of halogens is 3. The highest BCUT2D eigenvalue weighted by atomic mass is 79.9. The van der Waals surface area contributed by atoms with Crippen LogP contribution in [0.3, 0.4) is 0 Å². The van der Waals surface area contributed by atoms with Gasteiger partial charge in [0.05, 0.1) is 17.3 Å². The molecule has 6 nitrogen and oxygen atoms in total. The molecule has 0 spiro atoms. The summed E-state index contributed by atoms with van der Waals surface area (Å²) >= 11 is 6.56. The maximum atomic E-state index is 14.1. The minimum absolute atomic E-state index is 0.0337. The lowest BCUT2D eigenvalue weighted by atomic mass is 10.1. The van der Waals surface area contributed by atoms with Crippen LogP contribution in [-0.2, 0) is 4.79 Å². The van der Waals surface area contributed by atoms with Crippen LogP contribution in [0.25, 0.3) is 11.0 Å². The Morgan fingerprint density at radius 1 is 1.03 bits per heavy atom. The second kappa shape index (κ2) is 9.99. The lowest BCUT2D eigenvalue weighted by Gasteiger charge is -2.15. The molecule has 174 valence electrons. The van der Waals surface area contributed by atoms with Gasteiger partial charge >= 0.3 is 0 Å². The molecule has 0 bridgehead atoms. The van der Waals surface area contributed by atoms with Crippen molar-refractivity contribution >= 4 is 60.2 Å². The van der Waals surface area contributed by atoms with E-state index in [0.29, 0.717) is 31.2 Å². The number of benzene rings is 3. The van der Waals surface area contributed by atoms with Crippen molar-refractivity contribution in [3.63, 3.8) is 0 Å². The maximum Gasteiger partial charge on any atom is 0.265 e. The predicted octanol–water partition coefficient (Wildman–Crippen LogP) is 6.74. The quantitative estimate of drug-likeness (QED) is 0.241. The van der Waals surface area contributed by atoms with Crippen molar-refractivity contribution in [2.24, 2.45) is 0 Å². The molecule has 1 heterocycles. The van der Waals surface area contributed by atoms with E-state index in [1.54, 1.807) is 48.5 Å². The first-order valence-corrected chi connectivity index (χ1v) is 11.7. The van der Waals surface area contributed by atoms with E-state index in [1.807, 2.05) is 0 Å². The summed E-state index contributed by atoms with van der Waals surface area (Å²) in [6.07, 6.45) is -1.05. The van der Waals surface area contributed by atoms with E-state index in [0.717, 1.165) is 0 Å². The number of methoxy groups -OCH3 is 1. The number of rotatable bonds is 7. The van der Waals surface area contributed by atoms with Crippen LogP contribution in [0, 0.1) is 5.82 Å². The maximum absolute atomic E-state index is 14.1. The summed E-state index contributed by atoms with van der Waals surface area (Å²) in [6, 6.07) is 16.1. The monoisotopic (exact) mass is 589 g/mol. The molecule has 0 saturated carbocycles. The first-order chi connectivity index (χ1) is 16.3. The number of ether oxygens (including phenoxy) is 2. The molecule has 0 fully saturated rings. The molecule has 4 rings (SSSR count). The average molecular weight is 591 g/mol. The van der Waals surface area contributed by atoms with Gasteiger partial charge in [-0.25, -0.2) is 4.39 Å². The summed E-state index contributed by atoms with van der Waals surface area (Å²) in [5.74, 6) is -1.14. The molecule has 0 aliphatic carbocycles. The van der Waals surface area contributed by atoms with E-state index in [9.17, 15) is 14.0 Å². The largest absolute Gasteiger partial charge is 0.496 e. The Hall–Kier alpha value is -3.17. The van der Waals surface area contributed by atoms with Crippen LogP contribution in [0.4, 0.5) is 10.1 Å². The summed E-state index contributed by atoms with van der Waals surface area (Å²) in [5, 5.41) is 3.28. The Morgan fingerprint density at radius 3 is 2.47 bits per heavy atom. The molecule has 1 amide bonds. The van der Waals surface area contributed by atoms with Crippen molar-refractivity contribution in [1.82, 2.24) is 0 Å². The normalized spacial score (nSPS) is 11.8. The number of carbonyl (C=O) groups excluding carboxylic acids is 2. The van der Waals surface area contributed by atoms with Crippen LogP contribution in [0.15, 0.2) is 74.0 Å². The van der Waals surface area contributed by atoms with Gasteiger partial charge in [0.25, 0.3) is 5.91 Å². The number of anilines is 1. The molecule has 34 heavy (non-hydrogen) atoms. The van der Waals surface area contributed by atoms with Gasteiger partial charge in [0, 0.05) is 15.4 Å². The Morgan fingerprint density at radius 2 is 1.76 bits per heavy atom. The molecular formula is C25H18Br2FNO5. The van der Waals surface area contributed by atoms with Gasteiger partial charge < -0.3 is 19.2 Å². The van der Waals surface area contributed by atoms with Crippen LogP contribution in [0.1, 0.15) is 23.0 Å². The second-order valence-electron chi connectivity index (χ2n) is 7.30. The van der Waals surface area contributed by atoms with E-state index in [4.69, 9.17) is 13.9 Å². The molecule has 0 radical (unpaired) electrons. The molecule has 0 saturated heterocycles.